The fraction of sp³-hybridized carbons (Fsp3) is 0.462. The van der Waals surface area contributed by atoms with E-state index in [1.165, 1.54) is 0 Å². The molecule has 1 fully saturated rings. The van der Waals surface area contributed by atoms with Crippen LogP contribution in [0.3, 0.4) is 0 Å². The van der Waals surface area contributed by atoms with Gasteiger partial charge in [0, 0.05) is 6.04 Å². The van der Waals surface area contributed by atoms with Crippen LogP contribution in [0.5, 0.6) is 5.75 Å². The van der Waals surface area contributed by atoms with Gasteiger partial charge in [0.1, 0.15) is 5.75 Å². The van der Waals surface area contributed by atoms with Crippen molar-refractivity contribution in [1.29, 1.82) is 0 Å². The molecule has 0 saturated heterocycles. The molecule has 0 unspecified atom stereocenters. The summed E-state index contributed by atoms with van der Waals surface area (Å²) in [6.07, 6.45) is 2.22. The van der Waals surface area contributed by atoms with Crippen molar-refractivity contribution in [2.45, 2.75) is 25.8 Å². The maximum absolute atomic E-state index is 11.5. The Morgan fingerprint density at radius 1 is 1.41 bits per heavy atom. The summed E-state index contributed by atoms with van der Waals surface area (Å²) in [7, 11) is 0. The van der Waals surface area contributed by atoms with Crippen LogP contribution in [0.1, 0.15) is 19.8 Å². The van der Waals surface area contributed by atoms with Crippen LogP contribution in [0.2, 0.25) is 0 Å². The number of carbonyl (C=O) groups is 1. The molecule has 0 atom stereocenters. The van der Waals surface area contributed by atoms with E-state index in [1.807, 2.05) is 31.2 Å². The average Bonchev–Trinajstić information content (AvgIpc) is 3.12. The van der Waals surface area contributed by atoms with Crippen LogP contribution < -0.4 is 15.4 Å². The van der Waals surface area contributed by atoms with Gasteiger partial charge in [0.05, 0.1) is 18.8 Å². The summed E-state index contributed by atoms with van der Waals surface area (Å²) in [5.74, 6) is 0.827. The Morgan fingerprint density at radius 3 is 2.88 bits per heavy atom. The highest BCUT2D eigenvalue weighted by Crippen LogP contribution is 2.23. The number of rotatable bonds is 6. The summed E-state index contributed by atoms with van der Waals surface area (Å²) in [5, 5.41) is 6.03. The number of carbonyl (C=O) groups excluding carboxylic acids is 1. The van der Waals surface area contributed by atoms with Gasteiger partial charge >= 0.3 is 0 Å². The van der Waals surface area contributed by atoms with E-state index in [2.05, 4.69) is 10.6 Å². The minimum Gasteiger partial charge on any atom is -0.492 e. The molecule has 0 spiro atoms. The summed E-state index contributed by atoms with van der Waals surface area (Å²) >= 11 is 0. The maximum Gasteiger partial charge on any atom is 0.239 e. The zero-order valence-electron chi connectivity index (χ0n) is 10.0. The Morgan fingerprint density at radius 2 is 2.18 bits per heavy atom. The third-order valence-corrected chi connectivity index (χ3v) is 2.57. The van der Waals surface area contributed by atoms with Gasteiger partial charge in [0.2, 0.25) is 5.91 Å². The monoisotopic (exact) mass is 234 g/mol. The Hall–Kier alpha value is -1.71. The van der Waals surface area contributed by atoms with Crippen molar-refractivity contribution in [2.24, 2.45) is 0 Å². The van der Waals surface area contributed by atoms with Crippen LogP contribution in [-0.2, 0) is 4.79 Å². The topological polar surface area (TPSA) is 50.4 Å². The van der Waals surface area contributed by atoms with Gasteiger partial charge < -0.3 is 15.4 Å². The first kappa shape index (κ1) is 11.8. The van der Waals surface area contributed by atoms with E-state index >= 15 is 0 Å². The lowest BCUT2D eigenvalue weighted by molar-refractivity contribution is -0.119. The first-order valence-corrected chi connectivity index (χ1v) is 6.04. The molecule has 2 N–H and O–H groups in total. The van der Waals surface area contributed by atoms with Gasteiger partial charge in [-0.2, -0.15) is 0 Å². The van der Waals surface area contributed by atoms with Crippen LogP contribution in [-0.4, -0.2) is 25.1 Å². The van der Waals surface area contributed by atoms with E-state index in [0.29, 0.717) is 19.2 Å². The molecular formula is C13H18N2O2. The quantitative estimate of drug-likeness (QED) is 0.788. The Bertz CT molecular complexity index is 389. The van der Waals surface area contributed by atoms with Gasteiger partial charge in [-0.05, 0) is 31.9 Å². The second-order valence-corrected chi connectivity index (χ2v) is 4.12. The maximum atomic E-state index is 11.5. The largest absolute Gasteiger partial charge is 0.492 e. The molecule has 1 aliphatic carbocycles. The first-order valence-electron chi connectivity index (χ1n) is 6.04. The van der Waals surface area contributed by atoms with Crippen molar-refractivity contribution in [3.63, 3.8) is 0 Å². The van der Waals surface area contributed by atoms with Crippen LogP contribution in [0.15, 0.2) is 24.3 Å². The van der Waals surface area contributed by atoms with E-state index in [1.54, 1.807) is 0 Å². The molecule has 1 aliphatic rings. The minimum atomic E-state index is 0.0406. The van der Waals surface area contributed by atoms with Crippen molar-refractivity contribution in [3.8, 4) is 5.75 Å². The molecule has 0 bridgehead atoms. The predicted molar refractivity (Wildman–Crippen MR) is 67.3 cm³/mol. The van der Waals surface area contributed by atoms with Crippen molar-refractivity contribution < 1.29 is 9.53 Å². The molecule has 1 saturated carbocycles. The van der Waals surface area contributed by atoms with Crippen molar-refractivity contribution in [3.05, 3.63) is 24.3 Å². The van der Waals surface area contributed by atoms with Gasteiger partial charge in [-0.25, -0.2) is 0 Å². The van der Waals surface area contributed by atoms with Crippen molar-refractivity contribution in [1.82, 2.24) is 5.32 Å². The highest BCUT2D eigenvalue weighted by molar-refractivity contribution is 5.81. The number of nitrogens with one attached hydrogen (secondary N) is 2. The Labute approximate surface area is 101 Å². The SMILES string of the molecule is CCOc1ccccc1NCC(=O)NC1CC1. The van der Waals surface area contributed by atoms with E-state index < -0.39 is 0 Å². The number of amides is 1. The summed E-state index contributed by atoms with van der Waals surface area (Å²) in [5.41, 5.74) is 0.861. The molecule has 1 aromatic rings. The van der Waals surface area contributed by atoms with E-state index in [0.717, 1.165) is 24.3 Å². The van der Waals surface area contributed by atoms with E-state index in [4.69, 9.17) is 4.74 Å². The molecule has 1 amide bonds. The number of ether oxygens (including phenoxy) is 1. The molecule has 4 heteroatoms. The van der Waals surface area contributed by atoms with Gasteiger partial charge in [-0.1, -0.05) is 12.1 Å². The van der Waals surface area contributed by atoms with Gasteiger partial charge in [-0.3, -0.25) is 4.79 Å². The van der Waals surface area contributed by atoms with Gasteiger partial charge in [0.15, 0.2) is 0 Å². The third-order valence-electron chi connectivity index (χ3n) is 2.57. The fourth-order valence-corrected chi connectivity index (χ4v) is 1.58. The smallest absolute Gasteiger partial charge is 0.239 e. The minimum absolute atomic E-state index is 0.0406. The van der Waals surface area contributed by atoms with Crippen molar-refractivity contribution >= 4 is 11.6 Å². The lowest BCUT2D eigenvalue weighted by Crippen LogP contribution is -2.31. The van der Waals surface area contributed by atoms with Crippen LogP contribution in [0, 0.1) is 0 Å². The lowest BCUT2D eigenvalue weighted by atomic mass is 10.3. The number of anilines is 1. The van der Waals surface area contributed by atoms with E-state index in [9.17, 15) is 4.79 Å². The zero-order chi connectivity index (χ0) is 12.1. The summed E-state index contributed by atoms with van der Waals surface area (Å²) < 4.78 is 5.47. The normalized spacial score (nSPS) is 14.2. The number of benzene rings is 1. The third kappa shape index (κ3) is 3.66. The molecule has 0 radical (unpaired) electrons. The molecule has 92 valence electrons. The molecule has 0 heterocycles. The second kappa shape index (κ2) is 5.57. The highest BCUT2D eigenvalue weighted by Gasteiger charge is 2.22. The number of hydrogen-bond donors (Lipinski definition) is 2. The van der Waals surface area contributed by atoms with Crippen molar-refractivity contribution in [2.75, 3.05) is 18.5 Å². The highest BCUT2D eigenvalue weighted by atomic mass is 16.5. The average molecular weight is 234 g/mol. The zero-order valence-corrected chi connectivity index (χ0v) is 10.0. The molecule has 0 aromatic heterocycles. The molecule has 17 heavy (non-hydrogen) atoms. The van der Waals surface area contributed by atoms with Crippen LogP contribution in [0.25, 0.3) is 0 Å². The number of hydrogen-bond acceptors (Lipinski definition) is 3. The van der Waals surface area contributed by atoms with Crippen LogP contribution >= 0.6 is 0 Å². The summed E-state index contributed by atoms with van der Waals surface area (Å²) in [4.78, 5) is 11.5. The standard InChI is InChI=1S/C13H18N2O2/c1-2-17-12-6-4-3-5-11(12)14-9-13(16)15-10-7-8-10/h3-6,10,14H,2,7-9H2,1H3,(H,15,16). The molecule has 4 nitrogen and oxygen atoms in total. The first-order chi connectivity index (χ1) is 8.29. The summed E-state index contributed by atoms with van der Waals surface area (Å²) in [6.45, 7) is 2.85. The second-order valence-electron chi connectivity index (χ2n) is 4.12. The van der Waals surface area contributed by atoms with E-state index in [-0.39, 0.29) is 5.91 Å². The lowest BCUT2D eigenvalue weighted by Gasteiger charge is -2.11. The summed E-state index contributed by atoms with van der Waals surface area (Å²) in [6, 6.07) is 8.05. The molecule has 0 aliphatic heterocycles. The molecular weight excluding hydrogens is 216 g/mol. The molecule has 1 aromatic carbocycles. The van der Waals surface area contributed by atoms with Gasteiger partial charge in [0.25, 0.3) is 0 Å². The van der Waals surface area contributed by atoms with Gasteiger partial charge in [-0.15, -0.1) is 0 Å². The Balaban J connectivity index is 1.86. The van der Waals surface area contributed by atoms with Crippen LogP contribution in [0.4, 0.5) is 5.69 Å². The molecule has 2 rings (SSSR count). The fourth-order valence-electron chi connectivity index (χ4n) is 1.58. The predicted octanol–water partition coefficient (Wildman–Crippen LogP) is 1.78. The number of para-hydroxylation sites is 2. The Kier molecular flexibility index (Phi) is 3.85.